The van der Waals surface area contributed by atoms with Crippen molar-refractivity contribution in [2.75, 3.05) is 5.01 Å². The van der Waals surface area contributed by atoms with Crippen LogP contribution in [0.2, 0.25) is 0 Å². The van der Waals surface area contributed by atoms with Crippen LogP contribution >= 0.6 is 0 Å². The van der Waals surface area contributed by atoms with Crippen molar-refractivity contribution in [3.63, 3.8) is 0 Å². The highest BCUT2D eigenvalue weighted by Crippen LogP contribution is 2.23. The fraction of sp³-hybridized carbons (Fsp3) is 0.176. The second kappa shape index (κ2) is 5.72. The number of rotatable bonds is 2. The van der Waals surface area contributed by atoms with E-state index >= 15 is 0 Å². The van der Waals surface area contributed by atoms with Crippen LogP contribution in [-0.4, -0.2) is 9.55 Å². The maximum Gasteiger partial charge on any atom is 0.258 e. The number of hydrogen-bond acceptors (Lipinski definition) is 4. The van der Waals surface area contributed by atoms with E-state index in [1.54, 1.807) is 43.4 Å². The molecule has 0 spiro atoms. The Morgan fingerprint density at radius 2 is 1.96 bits per heavy atom. The van der Waals surface area contributed by atoms with E-state index in [4.69, 9.17) is 0 Å². The average molecular weight is 312 g/mol. The minimum absolute atomic E-state index is 0.225. The monoisotopic (exact) mass is 312 g/mol. The first kappa shape index (κ1) is 15.0. The van der Waals surface area contributed by atoms with Gasteiger partial charge in [0.15, 0.2) is 5.82 Å². The highest BCUT2D eigenvalue weighted by atomic mass is 19.1. The van der Waals surface area contributed by atoms with Gasteiger partial charge in [0.1, 0.15) is 5.82 Å². The van der Waals surface area contributed by atoms with Crippen LogP contribution in [0.25, 0.3) is 5.69 Å². The van der Waals surface area contributed by atoms with E-state index in [2.05, 4.69) is 10.4 Å². The third-order valence-corrected chi connectivity index (χ3v) is 3.58. The van der Waals surface area contributed by atoms with E-state index in [0.29, 0.717) is 22.9 Å². The van der Waals surface area contributed by atoms with Crippen LogP contribution in [-0.2, 0) is 0 Å². The molecule has 1 aromatic carbocycles. The lowest BCUT2D eigenvalue weighted by molar-refractivity contribution is 0.618. The van der Waals surface area contributed by atoms with Crippen molar-refractivity contribution in [1.29, 1.82) is 0 Å². The summed E-state index contributed by atoms with van der Waals surface area (Å²) >= 11 is 0. The van der Waals surface area contributed by atoms with Crippen LogP contribution in [0, 0.1) is 19.7 Å². The average Bonchev–Trinajstić information content (AvgIpc) is 2.47. The molecule has 23 heavy (non-hydrogen) atoms. The third kappa shape index (κ3) is 2.88. The number of anilines is 1. The molecule has 6 heteroatoms. The summed E-state index contributed by atoms with van der Waals surface area (Å²) in [5.41, 5.74) is 5.27. The van der Waals surface area contributed by atoms with Crippen molar-refractivity contribution in [2.45, 2.75) is 20.8 Å². The molecule has 0 radical (unpaired) electrons. The quantitative estimate of drug-likeness (QED) is 0.926. The normalized spacial score (nSPS) is 13.7. The van der Waals surface area contributed by atoms with Gasteiger partial charge in [-0.1, -0.05) is 0 Å². The smallest absolute Gasteiger partial charge is 0.258 e. The summed E-state index contributed by atoms with van der Waals surface area (Å²) in [6.07, 6.45) is 5.41. The molecule has 0 fully saturated rings. The van der Waals surface area contributed by atoms with Gasteiger partial charge >= 0.3 is 0 Å². The predicted molar refractivity (Wildman–Crippen MR) is 87.8 cm³/mol. The van der Waals surface area contributed by atoms with Gasteiger partial charge in [-0.25, -0.2) is 9.37 Å². The van der Waals surface area contributed by atoms with Gasteiger partial charge in [0, 0.05) is 30.2 Å². The molecule has 3 rings (SSSR count). The van der Waals surface area contributed by atoms with Crippen molar-refractivity contribution in [1.82, 2.24) is 15.0 Å². The zero-order valence-electron chi connectivity index (χ0n) is 13.2. The molecule has 0 amide bonds. The molecule has 0 unspecified atom stereocenters. The first-order valence-corrected chi connectivity index (χ1v) is 7.23. The fourth-order valence-corrected chi connectivity index (χ4v) is 2.49. The standard InChI is InChI=1S/C17H17FN4O/c1-11-6-7-21(19-10-11)16-5-4-14(9-15(16)18)22-13(3)20-12(2)8-17(22)23/h4-10,19H,1-3H3. The lowest BCUT2D eigenvalue weighted by Gasteiger charge is -2.24. The van der Waals surface area contributed by atoms with Crippen LogP contribution in [0.15, 0.2) is 53.1 Å². The highest BCUT2D eigenvalue weighted by Gasteiger charge is 2.13. The van der Waals surface area contributed by atoms with E-state index in [0.717, 1.165) is 5.57 Å². The summed E-state index contributed by atoms with van der Waals surface area (Å²) in [7, 11) is 0. The van der Waals surface area contributed by atoms with Crippen LogP contribution in [0.3, 0.4) is 0 Å². The SMILES string of the molecule is CC1=CNN(c2ccc(-n3c(C)nc(C)cc3=O)cc2F)C=C1. The maximum absolute atomic E-state index is 14.5. The third-order valence-electron chi connectivity index (χ3n) is 3.58. The summed E-state index contributed by atoms with van der Waals surface area (Å²) in [5, 5.41) is 1.58. The van der Waals surface area contributed by atoms with Gasteiger partial charge in [0.2, 0.25) is 0 Å². The second-order valence-electron chi connectivity index (χ2n) is 5.46. The van der Waals surface area contributed by atoms with Crippen molar-refractivity contribution >= 4 is 5.69 Å². The molecule has 2 aromatic rings. The Morgan fingerprint density at radius 1 is 1.17 bits per heavy atom. The van der Waals surface area contributed by atoms with Crippen LogP contribution in [0.4, 0.5) is 10.1 Å². The molecule has 0 aliphatic carbocycles. The fourth-order valence-electron chi connectivity index (χ4n) is 2.49. The first-order chi connectivity index (χ1) is 11.0. The second-order valence-corrected chi connectivity index (χ2v) is 5.46. The van der Waals surface area contributed by atoms with E-state index in [9.17, 15) is 9.18 Å². The maximum atomic E-state index is 14.5. The molecule has 5 nitrogen and oxygen atoms in total. The Hall–Kier alpha value is -2.89. The summed E-state index contributed by atoms with van der Waals surface area (Å²) in [5.74, 6) is 0.0937. The number of aromatic nitrogens is 2. The van der Waals surface area contributed by atoms with Crippen molar-refractivity contribution in [3.05, 3.63) is 76.0 Å². The number of nitrogens with one attached hydrogen (secondary N) is 1. The van der Waals surface area contributed by atoms with Crippen LogP contribution < -0.4 is 16.0 Å². The van der Waals surface area contributed by atoms with Gasteiger partial charge in [0.05, 0.1) is 11.4 Å². The molecule has 1 N–H and O–H groups in total. The number of benzene rings is 1. The minimum Gasteiger partial charge on any atom is -0.301 e. The van der Waals surface area contributed by atoms with Crippen molar-refractivity contribution in [2.24, 2.45) is 0 Å². The molecule has 0 atom stereocenters. The predicted octanol–water partition coefficient (Wildman–Crippen LogP) is 2.73. The molecule has 118 valence electrons. The number of halogens is 1. The van der Waals surface area contributed by atoms with Crippen LogP contribution in [0.1, 0.15) is 18.4 Å². The first-order valence-electron chi connectivity index (χ1n) is 7.23. The van der Waals surface area contributed by atoms with Gasteiger partial charge in [-0.05, 0) is 44.6 Å². The molecule has 0 saturated carbocycles. The Kier molecular flexibility index (Phi) is 3.73. The van der Waals surface area contributed by atoms with E-state index in [1.165, 1.54) is 16.7 Å². The number of aryl methyl sites for hydroxylation is 2. The highest BCUT2D eigenvalue weighted by molar-refractivity contribution is 5.55. The molecule has 0 bridgehead atoms. The lowest BCUT2D eigenvalue weighted by atomic mass is 10.2. The van der Waals surface area contributed by atoms with Gasteiger partial charge in [0.25, 0.3) is 5.56 Å². The zero-order chi connectivity index (χ0) is 16.6. The molecule has 1 aliphatic heterocycles. The Morgan fingerprint density at radius 3 is 2.57 bits per heavy atom. The van der Waals surface area contributed by atoms with Gasteiger partial charge < -0.3 is 5.43 Å². The Labute approximate surface area is 133 Å². The summed E-state index contributed by atoms with van der Waals surface area (Å²) in [6, 6.07) is 6.09. The summed E-state index contributed by atoms with van der Waals surface area (Å²) in [4.78, 5) is 16.4. The Balaban J connectivity index is 2.01. The van der Waals surface area contributed by atoms with Crippen molar-refractivity contribution < 1.29 is 4.39 Å². The zero-order valence-corrected chi connectivity index (χ0v) is 13.2. The minimum atomic E-state index is -0.431. The largest absolute Gasteiger partial charge is 0.301 e. The number of hydrazine groups is 1. The van der Waals surface area contributed by atoms with E-state index < -0.39 is 5.82 Å². The topological polar surface area (TPSA) is 50.2 Å². The molecule has 0 saturated heterocycles. The van der Waals surface area contributed by atoms with Gasteiger partial charge in [-0.15, -0.1) is 0 Å². The van der Waals surface area contributed by atoms with Gasteiger partial charge in [-0.2, -0.15) is 0 Å². The molecular weight excluding hydrogens is 295 g/mol. The Bertz CT molecular complexity index is 883. The van der Waals surface area contributed by atoms with Crippen LogP contribution in [0.5, 0.6) is 0 Å². The van der Waals surface area contributed by atoms with E-state index in [-0.39, 0.29) is 5.56 Å². The van der Waals surface area contributed by atoms with Gasteiger partial charge in [-0.3, -0.25) is 14.4 Å². The lowest BCUT2D eigenvalue weighted by Crippen LogP contribution is -2.31. The van der Waals surface area contributed by atoms with Crippen molar-refractivity contribution in [3.8, 4) is 5.69 Å². The number of nitrogens with zero attached hydrogens (tertiary/aromatic N) is 3. The number of allylic oxidation sites excluding steroid dienone is 2. The molecule has 2 heterocycles. The molecule has 1 aromatic heterocycles. The molecule has 1 aliphatic rings. The van der Waals surface area contributed by atoms with E-state index in [1.807, 2.05) is 13.0 Å². The molecular formula is C17H17FN4O. The summed E-state index contributed by atoms with van der Waals surface area (Å²) in [6.45, 7) is 5.43. The number of hydrogen-bond donors (Lipinski definition) is 1. The summed E-state index contributed by atoms with van der Waals surface area (Å²) < 4.78 is 15.9.